The lowest BCUT2D eigenvalue weighted by molar-refractivity contribution is 0.0890. The number of aliphatic hydroxyl groups excluding tert-OH is 1. The summed E-state index contributed by atoms with van der Waals surface area (Å²) in [5.41, 5.74) is 0.626. The van der Waals surface area contributed by atoms with Crippen LogP contribution in [-0.2, 0) is 0 Å². The summed E-state index contributed by atoms with van der Waals surface area (Å²) in [5, 5.41) is 18.0. The minimum atomic E-state index is -0.734. The first-order valence-electron chi connectivity index (χ1n) is 10.9. The lowest BCUT2D eigenvalue weighted by Gasteiger charge is -2.30. The molecule has 1 atom stereocenters. The van der Waals surface area contributed by atoms with Crippen molar-refractivity contribution < 1.29 is 23.4 Å². The Bertz CT molecular complexity index is 1120. The van der Waals surface area contributed by atoms with E-state index in [2.05, 4.69) is 10.6 Å². The average molecular weight is 495 g/mol. The number of amides is 1. The number of ether oxygens (including phenoxy) is 1. The number of carbonyl (C=O) groups is 1. The summed E-state index contributed by atoms with van der Waals surface area (Å²) in [6, 6.07) is 11.4. The summed E-state index contributed by atoms with van der Waals surface area (Å²) < 4.78 is 24.5. The molecule has 176 valence electrons. The maximum absolute atomic E-state index is 13.4. The number of nitrogens with one attached hydrogen (secondary N) is 2. The van der Waals surface area contributed by atoms with Crippen LogP contribution in [0.3, 0.4) is 0 Å². The Morgan fingerprint density at radius 1 is 1.12 bits per heavy atom. The molecule has 0 aliphatic heterocycles. The van der Waals surface area contributed by atoms with E-state index in [0.29, 0.717) is 22.9 Å². The van der Waals surface area contributed by atoms with Crippen molar-refractivity contribution in [2.75, 3.05) is 13.2 Å². The van der Waals surface area contributed by atoms with Crippen molar-refractivity contribution in [3.8, 4) is 5.75 Å². The minimum absolute atomic E-state index is 0.0267. The molecule has 0 radical (unpaired) electrons. The largest absolute Gasteiger partial charge is 0.491 e. The summed E-state index contributed by atoms with van der Waals surface area (Å²) in [7, 11) is 0. The number of benzene rings is 2. The quantitative estimate of drug-likeness (QED) is 0.412. The monoisotopic (exact) mass is 494 g/mol. The van der Waals surface area contributed by atoms with Crippen molar-refractivity contribution in [1.29, 1.82) is 0 Å². The van der Waals surface area contributed by atoms with E-state index >= 15 is 0 Å². The molecule has 33 heavy (non-hydrogen) atoms. The molecule has 1 unspecified atom stereocenters. The third-order valence-corrected chi connectivity index (χ3v) is 6.28. The molecule has 3 aromatic rings. The fraction of sp³-hybridized carbons (Fsp3) is 0.375. The predicted molar refractivity (Wildman–Crippen MR) is 126 cm³/mol. The Morgan fingerprint density at radius 3 is 2.64 bits per heavy atom. The van der Waals surface area contributed by atoms with E-state index in [1.54, 1.807) is 30.3 Å². The molecule has 9 heteroatoms. The van der Waals surface area contributed by atoms with Gasteiger partial charge in [-0.1, -0.05) is 23.2 Å². The van der Waals surface area contributed by atoms with E-state index < -0.39 is 11.9 Å². The Labute approximate surface area is 201 Å². The summed E-state index contributed by atoms with van der Waals surface area (Å²) >= 11 is 11.6. The van der Waals surface area contributed by atoms with Crippen LogP contribution in [0.5, 0.6) is 5.75 Å². The molecule has 2 aromatic carbocycles. The highest BCUT2D eigenvalue weighted by atomic mass is 35.5. The molecule has 4 rings (SSSR count). The maximum Gasteiger partial charge on any atom is 0.287 e. The molecule has 1 saturated carbocycles. The van der Waals surface area contributed by atoms with E-state index in [9.17, 15) is 14.3 Å². The fourth-order valence-electron chi connectivity index (χ4n) is 3.95. The van der Waals surface area contributed by atoms with Gasteiger partial charge in [-0.2, -0.15) is 0 Å². The van der Waals surface area contributed by atoms with Crippen molar-refractivity contribution in [2.24, 2.45) is 0 Å². The van der Waals surface area contributed by atoms with Crippen LogP contribution in [0.25, 0.3) is 11.0 Å². The summed E-state index contributed by atoms with van der Waals surface area (Å²) in [6.45, 7) is 0.404. The van der Waals surface area contributed by atoms with Gasteiger partial charge < -0.3 is 24.9 Å². The zero-order valence-electron chi connectivity index (χ0n) is 17.8. The third kappa shape index (κ3) is 6.38. The highest BCUT2D eigenvalue weighted by Crippen LogP contribution is 2.24. The normalized spacial score (nSPS) is 19.4. The number of halogens is 3. The predicted octanol–water partition coefficient (Wildman–Crippen LogP) is 4.95. The van der Waals surface area contributed by atoms with E-state index in [-0.39, 0.29) is 35.4 Å². The number of rotatable bonds is 8. The van der Waals surface area contributed by atoms with Gasteiger partial charge in [-0.3, -0.25) is 4.79 Å². The van der Waals surface area contributed by atoms with Crippen LogP contribution in [0.15, 0.2) is 46.9 Å². The van der Waals surface area contributed by atoms with Crippen LogP contribution in [0.4, 0.5) is 4.39 Å². The van der Waals surface area contributed by atoms with Crippen LogP contribution in [-0.4, -0.2) is 42.4 Å². The molecule has 1 heterocycles. The molecule has 0 spiro atoms. The van der Waals surface area contributed by atoms with Gasteiger partial charge in [0.2, 0.25) is 0 Å². The van der Waals surface area contributed by atoms with Crippen LogP contribution >= 0.6 is 23.2 Å². The van der Waals surface area contributed by atoms with Crippen molar-refractivity contribution >= 4 is 40.1 Å². The van der Waals surface area contributed by atoms with Crippen molar-refractivity contribution in [3.05, 3.63) is 64.1 Å². The van der Waals surface area contributed by atoms with Crippen LogP contribution in [0.1, 0.15) is 36.2 Å². The third-order valence-electron chi connectivity index (χ3n) is 5.74. The van der Waals surface area contributed by atoms with Crippen LogP contribution < -0.4 is 15.4 Å². The summed E-state index contributed by atoms with van der Waals surface area (Å²) in [4.78, 5) is 12.6. The molecule has 1 amide bonds. The lowest BCUT2D eigenvalue weighted by atomic mass is 9.91. The second kappa shape index (κ2) is 10.7. The van der Waals surface area contributed by atoms with Gasteiger partial charge >= 0.3 is 0 Å². The van der Waals surface area contributed by atoms with Gasteiger partial charge in [0.25, 0.3) is 5.91 Å². The van der Waals surface area contributed by atoms with Crippen LogP contribution in [0.2, 0.25) is 10.0 Å². The average Bonchev–Trinajstić information content (AvgIpc) is 3.23. The number of hydrogen-bond acceptors (Lipinski definition) is 5. The standard InChI is InChI=1S/C24H25Cl2FN2O4/c25-15-1-8-22-14(9-15)10-23(33-22)24(31)29-17-4-2-16(3-5-17)28-12-18(30)13-32-19-6-7-20(26)21(27)11-19/h1,6-11,16-18,28,30H,2-5,12-13H2,(H,29,31). The molecule has 1 aliphatic rings. The zero-order chi connectivity index (χ0) is 23.4. The van der Waals surface area contributed by atoms with Gasteiger partial charge in [0.15, 0.2) is 5.76 Å². The molecular formula is C24H25Cl2FN2O4. The molecule has 6 nitrogen and oxygen atoms in total. The molecule has 1 aromatic heterocycles. The van der Waals surface area contributed by atoms with Crippen molar-refractivity contribution in [1.82, 2.24) is 10.6 Å². The van der Waals surface area contributed by atoms with Gasteiger partial charge in [-0.15, -0.1) is 0 Å². The molecule has 0 saturated heterocycles. The Balaban J connectivity index is 1.17. The maximum atomic E-state index is 13.4. The Morgan fingerprint density at radius 2 is 1.88 bits per heavy atom. The summed E-state index contributed by atoms with van der Waals surface area (Å²) in [5.74, 6) is -0.198. The van der Waals surface area contributed by atoms with Gasteiger partial charge in [0.05, 0.1) is 5.02 Å². The SMILES string of the molecule is O=C(NC1CCC(NCC(O)COc2ccc(Cl)c(F)c2)CC1)c1cc2cc(Cl)ccc2o1. The van der Waals surface area contributed by atoms with Gasteiger partial charge in [-0.05, 0) is 62.1 Å². The highest BCUT2D eigenvalue weighted by Gasteiger charge is 2.24. The van der Waals surface area contributed by atoms with Crippen molar-refractivity contribution in [2.45, 2.75) is 43.9 Å². The van der Waals surface area contributed by atoms with Gasteiger partial charge in [-0.25, -0.2) is 4.39 Å². The molecule has 1 fully saturated rings. The van der Waals surface area contributed by atoms with Crippen LogP contribution in [0, 0.1) is 5.82 Å². The van der Waals surface area contributed by atoms with E-state index in [1.807, 2.05) is 0 Å². The highest BCUT2D eigenvalue weighted by molar-refractivity contribution is 6.31. The second-order valence-corrected chi connectivity index (χ2v) is 9.11. The topological polar surface area (TPSA) is 83.7 Å². The number of aliphatic hydroxyl groups is 1. The number of fused-ring (bicyclic) bond motifs is 1. The molecule has 3 N–H and O–H groups in total. The molecule has 1 aliphatic carbocycles. The van der Waals surface area contributed by atoms with E-state index in [0.717, 1.165) is 31.1 Å². The first-order chi connectivity index (χ1) is 15.9. The Hall–Kier alpha value is -2.32. The molecular weight excluding hydrogens is 470 g/mol. The van der Waals surface area contributed by atoms with Crippen molar-refractivity contribution in [3.63, 3.8) is 0 Å². The number of furan rings is 1. The summed E-state index contributed by atoms with van der Waals surface area (Å²) in [6.07, 6.45) is 2.66. The number of carbonyl (C=O) groups excluding carboxylic acids is 1. The van der Waals surface area contributed by atoms with Gasteiger partial charge in [0.1, 0.15) is 29.9 Å². The van der Waals surface area contributed by atoms with E-state index in [4.69, 9.17) is 32.4 Å². The fourth-order valence-corrected chi connectivity index (χ4v) is 4.24. The smallest absolute Gasteiger partial charge is 0.287 e. The first-order valence-corrected chi connectivity index (χ1v) is 11.6. The molecule has 0 bridgehead atoms. The first kappa shape index (κ1) is 23.8. The number of hydrogen-bond donors (Lipinski definition) is 3. The lowest BCUT2D eigenvalue weighted by Crippen LogP contribution is -2.44. The Kier molecular flexibility index (Phi) is 7.75. The van der Waals surface area contributed by atoms with Gasteiger partial charge in [0, 0.05) is 35.1 Å². The zero-order valence-corrected chi connectivity index (χ0v) is 19.3. The minimum Gasteiger partial charge on any atom is -0.491 e. The second-order valence-electron chi connectivity index (χ2n) is 8.26. The van der Waals surface area contributed by atoms with E-state index in [1.165, 1.54) is 12.1 Å².